The van der Waals surface area contributed by atoms with Crippen LogP contribution in [0, 0.1) is 0 Å². The largest absolute Gasteiger partial charge is 0.329 e. The molecule has 2 rings (SSSR count). The van der Waals surface area contributed by atoms with Crippen LogP contribution in [0.25, 0.3) is 0 Å². The molecule has 0 aliphatic heterocycles. The van der Waals surface area contributed by atoms with Gasteiger partial charge in [0, 0.05) is 33.4 Å². The van der Waals surface area contributed by atoms with Gasteiger partial charge in [0.25, 0.3) is 0 Å². The van der Waals surface area contributed by atoms with Gasteiger partial charge in [0.1, 0.15) is 0 Å². The predicted octanol–water partition coefficient (Wildman–Crippen LogP) is 2.43. The van der Waals surface area contributed by atoms with Gasteiger partial charge >= 0.3 is 0 Å². The minimum atomic E-state index is 0.316. The van der Waals surface area contributed by atoms with Crippen molar-refractivity contribution in [3.63, 3.8) is 0 Å². The van der Waals surface area contributed by atoms with E-state index in [9.17, 15) is 0 Å². The fourth-order valence-electron chi connectivity index (χ4n) is 1.72. The number of rotatable bonds is 4. The van der Waals surface area contributed by atoms with Crippen molar-refractivity contribution >= 4 is 27.3 Å². The zero-order valence-corrected chi connectivity index (χ0v) is 10.7. The summed E-state index contributed by atoms with van der Waals surface area (Å²) in [5, 5.41) is 2.13. The number of halogens is 1. The van der Waals surface area contributed by atoms with Gasteiger partial charge in [-0.1, -0.05) is 0 Å². The first-order valence-electron chi connectivity index (χ1n) is 4.80. The van der Waals surface area contributed by atoms with Crippen molar-refractivity contribution < 1.29 is 0 Å². The lowest BCUT2D eigenvalue weighted by molar-refractivity contribution is 0.220. The molecule has 0 aromatic carbocycles. The number of likely N-dealkylation sites (N-methyl/N-ethyl adjacent to an activating group) is 1. The summed E-state index contributed by atoms with van der Waals surface area (Å²) in [7, 11) is 2.17. The first kappa shape index (κ1) is 10.6. The summed E-state index contributed by atoms with van der Waals surface area (Å²) in [5.74, 6) is 0. The first-order chi connectivity index (χ1) is 6.66. The van der Waals surface area contributed by atoms with Crippen molar-refractivity contribution in [1.82, 2.24) is 4.90 Å². The molecule has 1 aliphatic carbocycles. The summed E-state index contributed by atoms with van der Waals surface area (Å²) >= 11 is 5.28. The number of hydrogen-bond donors (Lipinski definition) is 1. The minimum Gasteiger partial charge on any atom is -0.329 e. The Balaban J connectivity index is 1.98. The second kappa shape index (κ2) is 3.93. The summed E-state index contributed by atoms with van der Waals surface area (Å²) in [6.45, 7) is 1.81. The van der Waals surface area contributed by atoms with Crippen molar-refractivity contribution in [3.8, 4) is 0 Å². The van der Waals surface area contributed by atoms with E-state index in [2.05, 4.69) is 39.3 Å². The highest BCUT2D eigenvalue weighted by atomic mass is 79.9. The van der Waals surface area contributed by atoms with Crippen LogP contribution in [0.4, 0.5) is 0 Å². The van der Waals surface area contributed by atoms with Crippen LogP contribution in [0.1, 0.15) is 17.7 Å². The summed E-state index contributed by atoms with van der Waals surface area (Å²) in [4.78, 5) is 3.80. The molecule has 1 heterocycles. The fourth-order valence-corrected chi connectivity index (χ4v) is 3.23. The van der Waals surface area contributed by atoms with E-state index in [0.717, 1.165) is 13.1 Å². The molecule has 0 radical (unpaired) electrons. The molecule has 0 amide bonds. The minimum absolute atomic E-state index is 0.316. The Bertz CT molecular complexity index is 320. The maximum atomic E-state index is 5.78. The lowest BCUT2D eigenvalue weighted by atomic mass is 10.2. The molecule has 0 spiro atoms. The van der Waals surface area contributed by atoms with Crippen molar-refractivity contribution in [1.29, 1.82) is 0 Å². The van der Waals surface area contributed by atoms with Gasteiger partial charge in [-0.3, -0.25) is 4.90 Å². The molecule has 1 aromatic rings. The van der Waals surface area contributed by atoms with Gasteiger partial charge in [0.05, 0.1) is 0 Å². The van der Waals surface area contributed by atoms with Gasteiger partial charge in [-0.25, -0.2) is 0 Å². The number of hydrogen-bond acceptors (Lipinski definition) is 3. The van der Waals surface area contributed by atoms with Crippen LogP contribution < -0.4 is 5.73 Å². The molecule has 2 nitrogen and oxygen atoms in total. The Hall–Kier alpha value is 0.1000. The van der Waals surface area contributed by atoms with E-state index in [-0.39, 0.29) is 0 Å². The molecule has 78 valence electrons. The summed E-state index contributed by atoms with van der Waals surface area (Å²) in [6, 6.07) is 2.19. The standard InChI is InChI=1S/C10H15BrN2S/c1-13(10(7-12)2-3-10)5-9-4-8(11)6-14-9/h4,6H,2-3,5,7,12H2,1H3. The van der Waals surface area contributed by atoms with Gasteiger partial charge < -0.3 is 5.73 Å². The van der Waals surface area contributed by atoms with Crippen LogP contribution >= 0.6 is 27.3 Å². The van der Waals surface area contributed by atoms with E-state index in [1.807, 2.05) is 0 Å². The number of nitrogens with two attached hydrogens (primary N) is 1. The Morgan fingerprint density at radius 1 is 1.64 bits per heavy atom. The third-order valence-corrected chi connectivity index (χ3v) is 4.71. The molecular formula is C10H15BrN2S. The molecule has 0 saturated heterocycles. The molecule has 1 aromatic heterocycles. The van der Waals surface area contributed by atoms with E-state index in [1.54, 1.807) is 11.3 Å². The van der Waals surface area contributed by atoms with Crippen LogP contribution in [0.2, 0.25) is 0 Å². The maximum absolute atomic E-state index is 5.78. The fraction of sp³-hybridized carbons (Fsp3) is 0.600. The van der Waals surface area contributed by atoms with Crippen LogP contribution in [0.5, 0.6) is 0 Å². The Morgan fingerprint density at radius 2 is 2.36 bits per heavy atom. The average molecular weight is 275 g/mol. The molecule has 4 heteroatoms. The number of nitrogens with zero attached hydrogens (tertiary/aromatic N) is 1. The molecule has 1 aliphatic rings. The molecule has 0 atom stereocenters. The third kappa shape index (κ3) is 2.03. The normalized spacial score (nSPS) is 18.9. The van der Waals surface area contributed by atoms with E-state index in [0.29, 0.717) is 5.54 Å². The Kier molecular flexibility index (Phi) is 2.98. The van der Waals surface area contributed by atoms with Crippen LogP contribution in [-0.2, 0) is 6.54 Å². The lowest BCUT2D eigenvalue weighted by Gasteiger charge is -2.25. The van der Waals surface area contributed by atoms with Crippen LogP contribution in [-0.4, -0.2) is 24.0 Å². The van der Waals surface area contributed by atoms with E-state index < -0.39 is 0 Å². The van der Waals surface area contributed by atoms with Crippen molar-refractivity contribution in [2.24, 2.45) is 5.73 Å². The SMILES string of the molecule is CN(Cc1cc(Br)cs1)C1(CN)CC1. The van der Waals surface area contributed by atoms with Gasteiger partial charge in [-0.2, -0.15) is 0 Å². The second-order valence-electron chi connectivity index (χ2n) is 4.02. The van der Waals surface area contributed by atoms with Gasteiger partial charge in [0.2, 0.25) is 0 Å². The molecule has 2 N–H and O–H groups in total. The molecule has 0 bridgehead atoms. The van der Waals surface area contributed by atoms with Gasteiger partial charge in [0.15, 0.2) is 0 Å². The van der Waals surface area contributed by atoms with Crippen molar-refractivity contribution in [2.75, 3.05) is 13.6 Å². The average Bonchev–Trinajstić information content (AvgIpc) is 2.87. The van der Waals surface area contributed by atoms with E-state index >= 15 is 0 Å². The van der Waals surface area contributed by atoms with Crippen LogP contribution in [0.15, 0.2) is 15.9 Å². The van der Waals surface area contributed by atoms with Gasteiger partial charge in [-0.05, 0) is 41.9 Å². The molecule has 1 fully saturated rings. The van der Waals surface area contributed by atoms with Crippen molar-refractivity contribution in [2.45, 2.75) is 24.9 Å². The Labute approximate surface area is 97.2 Å². The first-order valence-corrected chi connectivity index (χ1v) is 6.48. The highest BCUT2D eigenvalue weighted by Gasteiger charge is 2.44. The summed E-state index contributed by atoms with van der Waals surface area (Å²) in [6.07, 6.45) is 2.51. The summed E-state index contributed by atoms with van der Waals surface area (Å²) < 4.78 is 1.18. The molecule has 14 heavy (non-hydrogen) atoms. The third-order valence-electron chi connectivity index (χ3n) is 3.03. The topological polar surface area (TPSA) is 29.3 Å². The van der Waals surface area contributed by atoms with Gasteiger partial charge in [-0.15, -0.1) is 11.3 Å². The van der Waals surface area contributed by atoms with E-state index in [4.69, 9.17) is 5.73 Å². The highest BCUT2D eigenvalue weighted by molar-refractivity contribution is 9.10. The second-order valence-corrected chi connectivity index (χ2v) is 5.93. The zero-order valence-electron chi connectivity index (χ0n) is 8.29. The molecule has 0 unspecified atom stereocenters. The van der Waals surface area contributed by atoms with E-state index in [1.165, 1.54) is 22.2 Å². The zero-order chi connectivity index (χ0) is 10.2. The smallest absolute Gasteiger partial charge is 0.0333 e. The quantitative estimate of drug-likeness (QED) is 0.914. The monoisotopic (exact) mass is 274 g/mol. The Morgan fingerprint density at radius 3 is 2.79 bits per heavy atom. The predicted molar refractivity (Wildman–Crippen MR) is 64.5 cm³/mol. The molecule has 1 saturated carbocycles. The highest BCUT2D eigenvalue weighted by Crippen LogP contribution is 2.40. The summed E-state index contributed by atoms with van der Waals surface area (Å²) in [5.41, 5.74) is 6.10. The van der Waals surface area contributed by atoms with Crippen molar-refractivity contribution in [3.05, 3.63) is 20.8 Å². The lowest BCUT2D eigenvalue weighted by Crippen LogP contribution is -2.39. The van der Waals surface area contributed by atoms with Crippen LogP contribution in [0.3, 0.4) is 0 Å². The number of thiophene rings is 1. The molecular weight excluding hydrogens is 260 g/mol. The maximum Gasteiger partial charge on any atom is 0.0333 e.